The number of anilines is 2. The van der Waals surface area contributed by atoms with Crippen LogP contribution in [-0.2, 0) is 4.79 Å². The van der Waals surface area contributed by atoms with Gasteiger partial charge < -0.3 is 21.1 Å². The predicted octanol–water partition coefficient (Wildman–Crippen LogP) is 2.14. The van der Waals surface area contributed by atoms with E-state index in [1.54, 1.807) is 0 Å². The Morgan fingerprint density at radius 3 is 2.95 bits per heavy atom. The van der Waals surface area contributed by atoms with Crippen LogP contribution in [0.5, 0.6) is 0 Å². The third kappa shape index (κ3) is 2.80. The molecule has 0 spiro atoms. The minimum absolute atomic E-state index is 0.159. The Morgan fingerprint density at radius 2 is 2.19 bits per heavy atom. The van der Waals surface area contributed by atoms with Crippen LogP contribution < -0.4 is 16.0 Å². The Bertz CT molecular complexity index is 589. The molecule has 0 bridgehead atoms. The molecular formula is C15H20BrN3O2. The number of carbonyl (C=O) groups is 1. The van der Waals surface area contributed by atoms with Crippen molar-refractivity contribution in [3.63, 3.8) is 0 Å². The molecule has 0 saturated carbocycles. The van der Waals surface area contributed by atoms with Gasteiger partial charge >= 0.3 is 0 Å². The van der Waals surface area contributed by atoms with Crippen LogP contribution in [0.3, 0.4) is 0 Å². The summed E-state index contributed by atoms with van der Waals surface area (Å²) in [5.41, 5.74) is 7.95. The molecule has 0 radical (unpaired) electrons. The minimum Gasteiger partial charge on any atom is -0.390 e. The number of hydrogen-bond donors (Lipinski definition) is 3. The zero-order chi connectivity index (χ0) is 15.2. The fourth-order valence-corrected chi connectivity index (χ4v) is 3.65. The Kier molecular flexibility index (Phi) is 3.71. The van der Waals surface area contributed by atoms with Crippen LogP contribution in [0.2, 0.25) is 0 Å². The van der Waals surface area contributed by atoms with Gasteiger partial charge in [0.05, 0.1) is 11.3 Å². The molecule has 0 aliphatic carbocycles. The Hall–Kier alpha value is -1.11. The highest BCUT2D eigenvalue weighted by Crippen LogP contribution is 2.39. The maximum atomic E-state index is 11.7. The number of halogens is 1. The lowest BCUT2D eigenvalue weighted by atomic mass is 9.98. The summed E-state index contributed by atoms with van der Waals surface area (Å²) < 4.78 is 0.940. The maximum Gasteiger partial charge on any atom is 0.245 e. The van der Waals surface area contributed by atoms with E-state index in [1.165, 1.54) is 0 Å². The van der Waals surface area contributed by atoms with E-state index < -0.39 is 11.6 Å². The lowest BCUT2D eigenvalue weighted by molar-refractivity contribution is -0.116. The molecule has 5 nitrogen and oxygen atoms in total. The van der Waals surface area contributed by atoms with E-state index in [0.29, 0.717) is 0 Å². The fraction of sp³-hybridized carbons (Fsp3) is 0.533. The van der Waals surface area contributed by atoms with Crippen LogP contribution in [0.25, 0.3) is 0 Å². The van der Waals surface area contributed by atoms with Crippen molar-refractivity contribution in [3.05, 3.63) is 22.2 Å². The zero-order valence-electron chi connectivity index (χ0n) is 12.0. The van der Waals surface area contributed by atoms with Gasteiger partial charge in [-0.2, -0.15) is 0 Å². The van der Waals surface area contributed by atoms with Crippen LogP contribution >= 0.6 is 15.9 Å². The van der Waals surface area contributed by atoms with Crippen LogP contribution in [0.4, 0.5) is 11.4 Å². The Morgan fingerprint density at radius 1 is 1.43 bits per heavy atom. The molecule has 1 saturated heterocycles. The van der Waals surface area contributed by atoms with Gasteiger partial charge in [0.2, 0.25) is 5.91 Å². The molecule has 3 rings (SSSR count). The van der Waals surface area contributed by atoms with Crippen LogP contribution in [-0.4, -0.2) is 29.7 Å². The average Bonchev–Trinajstić information content (AvgIpc) is 2.59. The van der Waals surface area contributed by atoms with E-state index in [4.69, 9.17) is 5.73 Å². The topological polar surface area (TPSA) is 78.6 Å². The van der Waals surface area contributed by atoms with Crippen LogP contribution in [0.15, 0.2) is 16.6 Å². The highest BCUT2D eigenvalue weighted by molar-refractivity contribution is 9.10. The number of aliphatic hydroxyl groups is 1. The summed E-state index contributed by atoms with van der Waals surface area (Å²) in [6, 6.07) is 3.32. The zero-order valence-corrected chi connectivity index (χ0v) is 13.6. The number of nitrogens with one attached hydrogen (secondary N) is 1. The summed E-state index contributed by atoms with van der Waals surface area (Å²) in [4.78, 5) is 13.9. The van der Waals surface area contributed by atoms with E-state index in [9.17, 15) is 9.90 Å². The molecular weight excluding hydrogens is 334 g/mol. The van der Waals surface area contributed by atoms with Gasteiger partial charge in [-0.25, -0.2) is 0 Å². The van der Waals surface area contributed by atoms with Gasteiger partial charge in [-0.1, -0.05) is 0 Å². The molecule has 1 aromatic rings. The van der Waals surface area contributed by atoms with Crippen molar-refractivity contribution >= 4 is 33.2 Å². The summed E-state index contributed by atoms with van der Waals surface area (Å²) in [6.07, 6.45) is 2.50. The summed E-state index contributed by atoms with van der Waals surface area (Å²) in [7, 11) is 0. The lowest BCUT2D eigenvalue weighted by Crippen LogP contribution is -2.28. The normalized spacial score (nSPS) is 29.0. The first-order valence-corrected chi connectivity index (χ1v) is 8.04. The SMILES string of the molecule is CC1(O)CCCN(c2cc3c(cc2Br)C(N)C(=O)N3)CC1. The molecule has 2 atom stereocenters. The van der Waals surface area contributed by atoms with Gasteiger partial charge in [-0.05, 0) is 54.2 Å². The molecule has 4 N–H and O–H groups in total. The highest BCUT2D eigenvalue weighted by atomic mass is 79.9. The van der Waals surface area contributed by atoms with Crippen molar-refractivity contribution in [1.29, 1.82) is 0 Å². The fourth-order valence-electron chi connectivity index (χ4n) is 3.04. The van der Waals surface area contributed by atoms with Crippen molar-refractivity contribution in [2.24, 2.45) is 5.73 Å². The van der Waals surface area contributed by atoms with E-state index in [1.807, 2.05) is 19.1 Å². The number of nitrogens with two attached hydrogens (primary N) is 1. The first-order chi connectivity index (χ1) is 9.87. The highest BCUT2D eigenvalue weighted by Gasteiger charge is 2.30. The molecule has 2 unspecified atom stereocenters. The smallest absolute Gasteiger partial charge is 0.245 e. The lowest BCUT2D eigenvalue weighted by Gasteiger charge is -2.26. The summed E-state index contributed by atoms with van der Waals surface area (Å²) >= 11 is 3.59. The first kappa shape index (κ1) is 14.8. The number of hydrogen-bond acceptors (Lipinski definition) is 4. The van der Waals surface area contributed by atoms with E-state index in [2.05, 4.69) is 26.1 Å². The van der Waals surface area contributed by atoms with Crippen molar-refractivity contribution in [2.45, 2.75) is 37.8 Å². The molecule has 21 heavy (non-hydrogen) atoms. The number of nitrogens with zero attached hydrogens (tertiary/aromatic N) is 1. The van der Waals surface area contributed by atoms with Crippen LogP contribution in [0, 0.1) is 0 Å². The molecule has 6 heteroatoms. The second-order valence-corrected chi connectivity index (χ2v) is 7.05. The molecule has 2 aliphatic heterocycles. The number of carbonyl (C=O) groups excluding carboxylic acids is 1. The first-order valence-electron chi connectivity index (χ1n) is 7.25. The van der Waals surface area contributed by atoms with Gasteiger partial charge in [0.1, 0.15) is 6.04 Å². The Labute approximate surface area is 132 Å². The summed E-state index contributed by atoms with van der Waals surface area (Å²) in [5.74, 6) is -0.159. The largest absolute Gasteiger partial charge is 0.390 e. The van der Waals surface area contributed by atoms with Gasteiger partial charge in [-0.15, -0.1) is 0 Å². The minimum atomic E-state index is -0.589. The maximum absolute atomic E-state index is 11.7. The third-order valence-electron chi connectivity index (χ3n) is 4.40. The Balaban J connectivity index is 1.90. The molecule has 1 amide bonds. The van der Waals surface area contributed by atoms with Gasteiger partial charge in [-0.3, -0.25) is 4.79 Å². The second kappa shape index (κ2) is 5.26. The molecule has 1 fully saturated rings. The van der Waals surface area contributed by atoms with E-state index in [-0.39, 0.29) is 5.91 Å². The second-order valence-electron chi connectivity index (χ2n) is 6.20. The molecule has 2 heterocycles. The predicted molar refractivity (Wildman–Crippen MR) is 86.4 cm³/mol. The van der Waals surface area contributed by atoms with Gasteiger partial charge in [0, 0.05) is 28.8 Å². The number of benzene rings is 1. The van der Waals surface area contributed by atoms with Gasteiger partial charge in [0.15, 0.2) is 0 Å². The van der Waals surface area contributed by atoms with E-state index >= 15 is 0 Å². The molecule has 0 aromatic heterocycles. The summed E-state index contributed by atoms with van der Waals surface area (Å²) in [5, 5.41) is 13.0. The van der Waals surface area contributed by atoms with E-state index in [0.717, 1.165) is 53.8 Å². The van der Waals surface area contributed by atoms with Gasteiger partial charge in [0.25, 0.3) is 0 Å². The number of rotatable bonds is 1. The number of amides is 1. The van der Waals surface area contributed by atoms with Crippen molar-refractivity contribution < 1.29 is 9.90 Å². The number of fused-ring (bicyclic) bond motifs is 1. The third-order valence-corrected chi connectivity index (χ3v) is 5.03. The summed E-state index contributed by atoms with van der Waals surface area (Å²) in [6.45, 7) is 3.59. The average molecular weight is 354 g/mol. The molecule has 2 aliphatic rings. The standard InChI is InChI=1S/C15H20BrN3O2/c1-15(21)3-2-5-19(6-4-15)12-8-11-9(7-10(12)16)13(17)14(20)18-11/h7-8,13,21H,2-6,17H2,1H3,(H,18,20). The van der Waals surface area contributed by atoms with Crippen molar-refractivity contribution in [1.82, 2.24) is 0 Å². The quantitative estimate of drug-likeness (QED) is 0.722. The van der Waals surface area contributed by atoms with Crippen molar-refractivity contribution in [3.8, 4) is 0 Å². The van der Waals surface area contributed by atoms with Crippen molar-refractivity contribution in [2.75, 3.05) is 23.3 Å². The monoisotopic (exact) mass is 353 g/mol. The van der Waals surface area contributed by atoms with Crippen LogP contribution in [0.1, 0.15) is 37.8 Å². The molecule has 1 aromatic carbocycles. The molecule has 114 valence electrons.